The summed E-state index contributed by atoms with van der Waals surface area (Å²) >= 11 is 0. The summed E-state index contributed by atoms with van der Waals surface area (Å²) in [5.74, 6) is -0.432. The van der Waals surface area contributed by atoms with Gasteiger partial charge < -0.3 is 5.32 Å². The van der Waals surface area contributed by atoms with Gasteiger partial charge >= 0.3 is 0 Å². The molecule has 1 unspecified atom stereocenters. The van der Waals surface area contributed by atoms with Crippen LogP contribution in [0.5, 0.6) is 0 Å². The first-order valence-corrected chi connectivity index (χ1v) is 9.89. The van der Waals surface area contributed by atoms with E-state index in [0.29, 0.717) is 29.8 Å². The maximum Gasteiger partial charge on any atom is 0.270 e. The van der Waals surface area contributed by atoms with Gasteiger partial charge in [-0.2, -0.15) is 4.31 Å². The number of sulfonamides is 1. The van der Waals surface area contributed by atoms with Crippen molar-refractivity contribution in [2.45, 2.75) is 24.8 Å². The van der Waals surface area contributed by atoms with Crippen LogP contribution in [-0.4, -0.2) is 37.3 Å². The van der Waals surface area contributed by atoms with Gasteiger partial charge in [-0.3, -0.25) is 10.1 Å². The molecule has 3 rings (SSSR count). The Bertz CT molecular complexity index is 971. The Kier molecular flexibility index (Phi) is 5.27. The molecule has 2 aromatic rings. The largest absolute Gasteiger partial charge is 0.313 e. The van der Waals surface area contributed by atoms with E-state index in [0.717, 1.165) is 0 Å². The summed E-state index contributed by atoms with van der Waals surface area (Å²) in [7, 11) is -3.93. The number of aryl methyl sites for hydroxylation is 2. The normalized spacial score (nSPS) is 18.4. The van der Waals surface area contributed by atoms with Crippen molar-refractivity contribution in [3.05, 3.63) is 69.0 Å². The smallest absolute Gasteiger partial charge is 0.270 e. The van der Waals surface area contributed by atoms with E-state index in [1.807, 2.05) is 0 Å². The minimum absolute atomic E-state index is 0.0661. The number of hydrogen-bond donors (Lipinski definition) is 1. The third-order valence-corrected chi connectivity index (χ3v) is 6.86. The maximum atomic E-state index is 13.7. The van der Waals surface area contributed by atoms with Gasteiger partial charge in [-0.05, 0) is 42.7 Å². The van der Waals surface area contributed by atoms with Crippen LogP contribution in [0.2, 0.25) is 0 Å². The molecule has 144 valence electrons. The van der Waals surface area contributed by atoms with E-state index in [4.69, 9.17) is 0 Å². The average Bonchev–Trinajstić information content (AvgIpc) is 2.60. The fourth-order valence-corrected chi connectivity index (χ4v) is 5.56. The van der Waals surface area contributed by atoms with Crippen LogP contribution in [0.3, 0.4) is 0 Å². The van der Waals surface area contributed by atoms with Gasteiger partial charge in [0.15, 0.2) is 0 Å². The zero-order valence-corrected chi connectivity index (χ0v) is 15.8. The lowest BCUT2D eigenvalue weighted by Gasteiger charge is -2.36. The predicted molar refractivity (Wildman–Crippen MR) is 98.5 cm³/mol. The first kappa shape index (κ1) is 19.4. The van der Waals surface area contributed by atoms with E-state index >= 15 is 0 Å². The summed E-state index contributed by atoms with van der Waals surface area (Å²) in [5, 5.41) is 14.2. The third kappa shape index (κ3) is 3.71. The highest BCUT2D eigenvalue weighted by Gasteiger charge is 2.36. The number of hydrogen-bond acceptors (Lipinski definition) is 5. The molecule has 1 atom stereocenters. The predicted octanol–water partition coefficient (Wildman–Crippen LogP) is 2.69. The van der Waals surface area contributed by atoms with Crippen molar-refractivity contribution >= 4 is 15.7 Å². The molecule has 7 nitrogen and oxygen atoms in total. The average molecular weight is 393 g/mol. The molecule has 0 spiro atoms. The van der Waals surface area contributed by atoms with Crippen LogP contribution < -0.4 is 5.32 Å². The molecule has 1 fully saturated rings. The zero-order chi connectivity index (χ0) is 19.8. The third-order valence-electron chi connectivity index (χ3n) is 4.65. The molecule has 27 heavy (non-hydrogen) atoms. The number of non-ortho nitro benzene ring substituents is 1. The van der Waals surface area contributed by atoms with Crippen LogP contribution in [-0.2, 0) is 10.0 Å². The number of benzene rings is 2. The van der Waals surface area contributed by atoms with Gasteiger partial charge in [-0.15, -0.1) is 0 Å². The second-order valence-electron chi connectivity index (χ2n) is 6.56. The lowest BCUT2D eigenvalue weighted by Crippen LogP contribution is -2.48. The summed E-state index contributed by atoms with van der Waals surface area (Å²) in [5.41, 5.74) is 1.05. The molecule has 0 radical (unpaired) electrons. The van der Waals surface area contributed by atoms with Crippen LogP contribution in [0.15, 0.2) is 41.3 Å². The van der Waals surface area contributed by atoms with E-state index in [1.165, 1.54) is 28.6 Å². The summed E-state index contributed by atoms with van der Waals surface area (Å²) in [6.07, 6.45) is 0. The molecule has 1 N–H and O–H groups in total. The van der Waals surface area contributed by atoms with E-state index < -0.39 is 26.8 Å². The van der Waals surface area contributed by atoms with Crippen molar-refractivity contribution in [1.82, 2.24) is 9.62 Å². The molecule has 0 aromatic heterocycles. The minimum atomic E-state index is -3.93. The van der Waals surface area contributed by atoms with E-state index in [2.05, 4.69) is 5.32 Å². The topological polar surface area (TPSA) is 92.5 Å². The van der Waals surface area contributed by atoms with Gasteiger partial charge in [0.2, 0.25) is 10.0 Å². The molecule has 1 aliphatic rings. The molecule has 9 heteroatoms. The zero-order valence-electron chi connectivity index (χ0n) is 15.0. The molecule has 0 saturated carbocycles. The summed E-state index contributed by atoms with van der Waals surface area (Å²) < 4.78 is 41.8. The van der Waals surface area contributed by atoms with Crippen molar-refractivity contribution in [1.29, 1.82) is 0 Å². The molecular weight excluding hydrogens is 373 g/mol. The summed E-state index contributed by atoms with van der Waals surface area (Å²) in [6, 6.07) is 7.84. The molecule has 0 aliphatic carbocycles. The molecule has 1 heterocycles. The monoisotopic (exact) mass is 393 g/mol. The summed E-state index contributed by atoms with van der Waals surface area (Å²) in [6.45, 7) is 4.14. The Morgan fingerprint density at radius 1 is 1.22 bits per heavy atom. The van der Waals surface area contributed by atoms with Gasteiger partial charge in [0.25, 0.3) is 5.69 Å². The number of halogens is 1. The Balaban J connectivity index is 2.08. The Morgan fingerprint density at radius 2 is 1.89 bits per heavy atom. The lowest BCUT2D eigenvalue weighted by molar-refractivity contribution is -0.385. The second-order valence-corrected chi connectivity index (χ2v) is 8.38. The molecular formula is C18H20FN3O4S. The lowest BCUT2D eigenvalue weighted by atomic mass is 10.1. The standard InChI is InChI=1S/C18H20FN3O4S/c1-12-8-16(22(23)24)9-13(2)18(12)27(25,26)21-7-6-20-11-17(21)14-4-3-5-15(19)10-14/h3-5,8-10,17,20H,6-7,11H2,1-2H3. The van der Waals surface area contributed by atoms with Crippen LogP contribution in [0, 0.1) is 29.8 Å². The van der Waals surface area contributed by atoms with Gasteiger partial charge in [-0.25, -0.2) is 12.8 Å². The fourth-order valence-electron chi connectivity index (χ4n) is 3.53. The van der Waals surface area contributed by atoms with E-state index in [-0.39, 0.29) is 17.1 Å². The quantitative estimate of drug-likeness (QED) is 0.637. The highest BCUT2D eigenvalue weighted by Crippen LogP contribution is 2.33. The number of nitro benzene ring substituents is 1. The highest BCUT2D eigenvalue weighted by atomic mass is 32.2. The molecule has 2 aromatic carbocycles. The van der Waals surface area contributed by atoms with Gasteiger partial charge in [-0.1, -0.05) is 12.1 Å². The molecule has 0 amide bonds. The number of nitrogens with zero attached hydrogens (tertiary/aromatic N) is 2. The number of nitro groups is 1. The molecule has 1 aliphatic heterocycles. The summed E-state index contributed by atoms with van der Waals surface area (Å²) in [4.78, 5) is 10.6. The molecule has 1 saturated heterocycles. The Morgan fingerprint density at radius 3 is 2.48 bits per heavy atom. The van der Waals surface area contributed by atoms with Crippen LogP contribution >= 0.6 is 0 Å². The van der Waals surface area contributed by atoms with Crippen molar-refractivity contribution in [2.24, 2.45) is 0 Å². The number of rotatable bonds is 4. The second kappa shape index (κ2) is 7.34. The van der Waals surface area contributed by atoms with Gasteiger partial charge in [0, 0.05) is 31.8 Å². The first-order chi connectivity index (χ1) is 12.7. The van der Waals surface area contributed by atoms with Crippen LogP contribution in [0.4, 0.5) is 10.1 Å². The number of nitrogens with one attached hydrogen (secondary N) is 1. The van der Waals surface area contributed by atoms with Crippen molar-refractivity contribution < 1.29 is 17.7 Å². The van der Waals surface area contributed by atoms with E-state index in [9.17, 15) is 22.9 Å². The Labute approximate surface area is 157 Å². The van der Waals surface area contributed by atoms with Crippen molar-refractivity contribution in [2.75, 3.05) is 19.6 Å². The van der Waals surface area contributed by atoms with Crippen molar-refractivity contribution in [3.63, 3.8) is 0 Å². The van der Waals surface area contributed by atoms with Crippen LogP contribution in [0.1, 0.15) is 22.7 Å². The van der Waals surface area contributed by atoms with Gasteiger partial charge in [0.05, 0.1) is 15.9 Å². The fraction of sp³-hybridized carbons (Fsp3) is 0.333. The number of piperazine rings is 1. The maximum absolute atomic E-state index is 13.7. The Hall–Kier alpha value is -2.36. The first-order valence-electron chi connectivity index (χ1n) is 8.45. The van der Waals surface area contributed by atoms with E-state index in [1.54, 1.807) is 26.0 Å². The highest BCUT2D eigenvalue weighted by molar-refractivity contribution is 7.89. The minimum Gasteiger partial charge on any atom is -0.313 e. The SMILES string of the molecule is Cc1cc([N+](=O)[O-])cc(C)c1S(=O)(=O)N1CCNCC1c1cccc(F)c1. The van der Waals surface area contributed by atoms with Crippen molar-refractivity contribution in [3.8, 4) is 0 Å². The van der Waals surface area contributed by atoms with Gasteiger partial charge in [0.1, 0.15) is 5.82 Å². The molecule has 0 bridgehead atoms. The van der Waals surface area contributed by atoms with Crippen LogP contribution in [0.25, 0.3) is 0 Å².